The Morgan fingerprint density at radius 1 is 1.42 bits per heavy atom. The van der Waals surface area contributed by atoms with Gasteiger partial charge in [-0.3, -0.25) is 4.79 Å². The quantitative estimate of drug-likeness (QED) is 0.804. The van der Waals surface area contributed by atoms with E-state index < -0.39 is 17.9 Å². The molecule has 0 aliphatic rings. The standard InChI is InChI=1S/C13H16BrNO4/c1-2-5-10(13(17)18)15-12(16)8-19-11-7-4-3-6-9(11)14/h3-4,6-7,10H,2,5,8H2,1H3,(H,15,16)(H,17,18). The highest BCUT2D eigenvalue weighted by atomic mass is 79.9. The van der Waals surface area contributed by atoms with Gasteiger partial charge in [0.25, 0.3) is 5.91 Å². The molecule has 1 atom stereocenters. The lowest BCUT2D eigenvalue weighted by molar-refractivity contribution is -0.142. The Morgan fingerprint density at radius 3 is 2.68 bits per heavy atom. The van der Waals surface area contributed by atoms with Gasteiger partial charge in [0, 0.05) is 0 Å². The van der Waals surface area contributed by atoms with Gasteiger partial charge in [-0.2, -0.15) is 0 Å². The summed E-state index contributed by atoms with van der Waals surface area (Å²) in [5.41, 5.74) is 0. The summed E-state index contributed by atoms with van der Waals surface area (Å²) in [5.74, 6) is -0.937. The maximum Gasteiger partial charge on any atom is 0.326 e. The Bertz CT molecular complexity index is 450. The van der Waals surface area contributed by atoms with Crippen LogP contribution in [0.3, 0.4) is 0 Å². The van der Waals surface area contributed by atoms with E-state index in [1.807, 2.05) is 13.0 Å². The van der Waals surface area contributed by atoms with Crippen LogP contribution in [0.2, 0.25) is 0 Å². The fourth-order valence-electron chi connectivity index (χ4n) is 1.49. The molecule has 0 spiro atoms. The SMILES string of the molecule is CCCC(NC(=O)COc1ccccc1Br)C(=O)O. The van der Waals surface area contributed by atoms with Gasteiger partial charge >= 0.3 is 5.97 Å². The van der Waals surface area contributed by atoms with Crippen LogP contribution in [0.1, 0.15) is 19.8 Å². The summed E-state index contributed by atoms with van der Waals surface area (Å²) >= 11 is 3.29. The van der Waals surface area contributed by atoms with Crippen LogP contribution in [-0.4, -0.2) is 29.6 Å². The monoisotopic (exact) mass is 329 g/mol. The molecule has 0 aliphatic heterocycles. The Morgan fingerprint density at radius 2 is 2.11 bits per heavy atom. The van der Waals surface area contributed by atoms with Crippen LogP contribution in [0.4, 0.5) is 0 Å². The van der Waals surface area contributed by atoms with Gasteiger partial charge in [-0.1, -0.05) is 25.5 Å². The molecule has 0 fully saturated rings. The molecule has 1 aromatic rings. The number of benzene rings is 1. The lowest BCUT2D eigenvalue weighted by atomic mass is 10.2. The van der Waals surface area contributed by atoms with E-state index in [1.165, 1.54) is 0 Å². The van der Waals surface area contributed by atoms with Gasteiger partial charge < -0.3 is 15.2 Å². The molecule has 2 N–H and O–H groups in total. The molecular formula is C13H16BrNO4. The van der Waals surface area contributed by atoms with Crippen LogP contribution in [0.15, 0.2) is 28.7 Å². The molecule has 0 aliphatic carbocycles. The van der Waals surface area contributed by atoms with Gasteiger partial charge in [0.15, 0.2) is 6.61 Å². The van der Waals surface area contributed by atoms with Gasteiger partial charge in [-0.25, -0.2) is 4.79 Å². The molecule has 6 heteroatoms. The molecule has 0 saturated carbocycles. The van der Waals surface area contributed by atoms with Crippen molar-refractivity contribution in [3.8, 4) is 5.75 Å². The first-order chi connectivity index (χ1) is 9.04. The van der Waals surface area contributed by atoms with Gasteiger partial charge in [-0.15, -0.1) is 0 Å². The van der Waals surface area contributed by atoms with Gasteiger partial charge in [0.05, 0.1) is 4.47 Å². The van der Waals surface area contributed by atoms with Gasteiger partial charge in [-0.05, 0) is 34.5 Å². The van der Waals surface area contributed by atoms with Crippen molar-refractivity contribution in [1.82, 2.24) is 5.32 Å². The number of nitrogens with one attached hydrogen (secondary N) is 1. The minimum absolute atomic E-state index is 0.212. The lowest BCUT2D eigenvalue weighted by Gasteiger charge is -2.14. The summed E-state index contributed by atoms with van der Waals surface area (Å²) in [6, 6.07) is 6.27. The predicted molar refractivity (Wildman–Crippen MR) is 74.1 cm³/mol. The largest absolute Gasteiger partial charge is 0.483 e. The number of hydrogen-bond acceptors (Lipinski definition) is 3. The molecular weight excluding hydrogens is 314 g/mol. The third-order valence-corrected chi connectivity index (χ3v) is 3.06. The number of halogens is 1. The molecule has 0 saturated heterocycles. The second-order valence-corrected chi connectivity index (χ2v) is 4.82. The van der Waals surface area contributed by atoms with Crippen molar-refractivity contribution in [3.63, 3.8) is 0 Å². The molecule has 0 bridgehead atoms. The van der Waals surface area contributed by atoms with Crippen LogP contribution < -0.4 is 10.1 Å². The van der Waals surface area contributed by atoms with E-state index in [9.17, 15) is 9.59 Å². The Balaban J connectivity index is 2.47. The fraction of sp³-hybridized carbons (Fsp3) is 0.385. The zero-order valence-electron chi connectivity index (χ0n) is 10.6. The molecule has 1 amide bonds. The Kier molecular flexibility index (Phi) is 6.35. The van der Waals surface area contributed by atoms with Crippen LogP contribution in [0, 0.1) is 0 Å². The molecule has 1 rings (SSSR count). The zero-order valence-corrected chi connectivity index (χ0v) is 12.1. The topological polar surface area (TPSA) is 75.6 Å². The molecule has 19 heavy (non-hydrogen) atoms. The number of ether oxygens (including phenoxy) is 1. The van der Waals surface area contributed by atoms with Crippen LogP contribution >= 0.6 is 15.9 Å². The highest BCUT2D eigenvalue weighted by Gasteiger charge is 2.18. The van der Waals surface area contributed by atoms with Crippen LogP contribution in [0.25, 0.3) is 0 Å². The summed E-state index contributed by atoms with van der Waals surface area (Å²) < 4.78 is 6.05. The predicted octanol–water partition coefficient (Wildman–Crippen LogP) is 2.20. The van der Waals surface area contributed by atoms with Crippen LogP contribution in [-0.2, 0) is 9.59 Å². The van der Waals surface area contributed by atoms with Crippen LogP contribution in [0.5, 0.6) is 5.75 Å². The average Bonchev–Trinajstić information content (AvgIpc) is 2.37. The molecule has 1 unspecified atom stereocenters. The van der Waals surface area contributed by atoms with E-state index in [0.717, 1.165) is 4.47 Å². The highest BCUT2D eigenvalue weighted by molar-refractivity contribution is 9.10. The number of amides is 1. The second-order valence-electron chi connectivity index (χ2n) is 3.97. The highest BCUT2D eigenvalue weighted by Crippen LogP contribution is 2.23. The van der Waals surface area contributed by atoms with E-state index in [2.05, 4.69) is 21.2 Å². The maximum absolute atomic E-state index is 11.6. The molecule has 1 aromatic carbocycles. The zero-order chi connectivity index (χ0) is 14.3. The van der Waals surface area contributed by atoms with Crippen molar-refractivity contribution < 1.29 is 19.4 Å². The summed E-state index contributed by atoms with van der Waals surface area (Å²) in [6.07, 6.45) is 1.08. The molecule has 0 radical (unpaired) electrons. The Hall–Kier alpha value is -1.56. The third kappa shape index (κ3) is 5.30. The third-order valence-electron chi connectivity index (χ3n) is 2.41. The number of rotatable bonds is 7. The number of hydrogen-bond donors (Lipinski definition) is 2. The number of para-hydroxylation sites is 1. The van der Waals surface area contributed by atoms with E-state index in [1.54, 1.807) is 18.2 Å². The molecule has 0 heterocycles. The first-order valence-electron chi connectivity index (χ1n) is 5.94. The number of carboxylic acids is 1. The lowest BCUT2D eigenvalue weighted by Crippen LogP contribution is -2.42. The first-order valence-corrected chi connectivity index (χ1v) is 6.73. The number of carbonyl (C=O) groups is 2. The van der Waals surface area contributed by atoms with Gasteiger partial charge in [0.1, 0.15) is 11.8 Å². The van der Waals surface area contributed by atoms with E-state index in [4.69, 9.17) is 9.84 Å². The minimum Gasteiger partial charge on any atom is -0.483 e. The van der Waals surface area contributed by atoms with Crippen molar-refractivity contribution in [1.29, 1.82) is 0 Å². The molecule has 0 aromatic heterocycles. The van der Waals surface area contributed by atoms with Crippen molar-refractivity contribution in [2.24, 2.45) is 0 Å². The molecule has 104 valence electrons. The summed E-state index contributed by atoms with van der Waals surface area (Å²) in [6.45, 7) is 1.65. The Labute approximate surface area is 120 Å². The van der Waals surface area contributed by atoms with Crippen molar-refractivity contribution >= 4 is 27.8 Å². The van der Waals surface area contributed by atoms with Crippen molar-refractivity contribution in [2.45, 2.75) is 25.8 Å². The number of aliphatic carboxylic acids is 1. The summed E-state index contributed by atoms with van der Waals surface area (Å²) in [4.78, 5) is 22.5. The smallest absolute Gasteiger partial charge is 0.326 e. The van der Waals surface area contributed by atoms with Crippen molar-refractivity contribution in [2.75, 3.05) is 6.61 Å². The van der Waals surface area contributed by atoms with Gasteiger partial charge in [0.2, 0.25) is 0 Å². The van der Waals surface area contributed by atoms with E-state index in [-0.39, 0.29) is 6.61 Å². The van der Waals surface area contributed by atoms with Crippen molar-refractivity contribution in [3.05, 3.63) is 28.7 Å². The van der Waals surface area contributed by atoms with E-state index in [0.29, 0.717) is 18.6 Å². The fourth-order valence-corrected chi connectivity index (χ4v) is 1.89. The maximum atomic E-state index is 11.6. The number of carboxylic acid groups (broad SMARTS) is 1. The summed E-state index contributed by atoms with van der Waals surface area (Å²) in [5, 5.41) is 11.3. The average molecular weight is 330 g/mol. The normalized spacial score (nSPS) is 11.7. The number of carbonyl (C=O) groups excluding carboxylic acids is 1. The van der Waals surface area contributed by atoms with E-state index >= 15 is 0 Å². The first kappa shape index (κ1) is 15.5. The minimum atomic E-state index is -1.03. The summed E-state index contributed by atoms with van der Waals surface area (Å²) in [7, 11) is 0. The second kappa shape index (κ2) is 7.78. The molecule has 5 nitrogen and oxygen atoms in total.